The van der Waals surface area contributed by atoms with Crippen LogP contribution in [-0.4, -0.2) is 40.0 Å². The minimum atomic E-state index is -0.516. The van der Waals surface area contributed by atoms with Crippen LogP contribution in [0.1, 0.15) is 26.7 Å². The summed E-state index contributed by atoms with van der Waals surface area (Å²) in [6.45, 7) is 11.5. The van der Waals surface area contributed by atoms with Gasteiger partial charge in [-0.05, 0) is 26.7 Å². The van der Waals surface area contributed by atoms with Gasteiger partial charge < -0.3 is 9.64 Å². The van der Waals surface area contributed by atoms with Crippen molar-refractivity contribution in [1.29, 1.82) is 0 Å². The average Bonchev–Trinajstić information content (AvgIpc) is 2.67. The molecule has 0 saturated carbocycles. The van der Waals surface area contributed by atoms with Crippen LogP contribution in [0.25, 0.3) is 0 Å². The molecule has 2 aliphatic heterocycles. The molecule has 2 fully saturated rings. The van der Waals surface area contributed by atoms with Gasteiger partial charge in [0.2, 0.25) is 5.91 Å². The largest absolute Gasteiger partial charge is 0.467 e. The van der Waals surface area contributed by atoms with E-state index in [-0.39, 0.29) is 22.0 Å². The van der Waals surface area contributed by atoms with Gasteiger partial charge in [-0.1, -0.05) is 12.2 Å². The Kier molecular flexibility index (Phi) is 3.75. The number of fused-ring (bicyclic) bond motifs is 1. The van der Waals surface area contributed by atoms with Crippen LogP contribution in [0, 0.1) is 5.41 Å². The summed E-state index contributed by atoms with van der Waals surface area (Å²) in [5.74, 6) is -0.333. The van der Waals surface area contributed by atoms with E-state index in [0.717, 1.165) is 0 Å². The summed E-state index contributed by atoms with van der Waals surface area (Å²) < 4.78 is 4.52. The van der Waals surface area contributed by atoms with Crippen molar-refractivity contribution in [3.05, 3.63) is 25.3 Å². The molecule has 2 aliphatic rings. The van der Waals surface area contributed by atoms with Gasteiger partial charge in [-0.2, -0.15) is 0 Å². The van der Waals surface area contributed by atoms with Gasteiger partial charge in [0, 0.05) is 4.75 Å². The normalized spacial score (nSPS) is 29.4. The van der Waals surface area contributed by atoms with Gasteiger partial charge in [0.25, 0.3) is 0 Å². The Hall–Kier alpha value is -1.23. The first-order valence-electron chi connectivity index (χ1n) is 6.66. The molecule has 0 aromatic rings. The molecular formula is C15H21NO3S. The summed E-state index contributed by atoms with van der Waals surface area (Å²) >= 11 is 1.67. The predicted octanol–water partition coefficient (Wildman–Crippen LogP) is 2.36. The highest BCUT2D eigenvalue weighted by molar-refractivity contribution is 8.01. The van der Waals surface area contributed by atoms with Crippen molar-refractivity contribution in [1.82, 2.24) is 4.90 Å². The van der Waals surface area contributed by atoms with Crippen molar-refractivity contribution in [2.45, 2.75) is 42.9 Å². The molecule has 110 valence electrons. The third-order valence-electron chi connectivity index (χ3n) is 4.18. The highest BCUT2D eigenvalue weighted by atomic mass is 32.2. The lowest BCUT2D eigenvalue weighted by Gasteiger charge is -2.53. The number of rotatable bonds is 5. The monoisotopic (exact) mass is 295 g/mol. The molecule has 2 rings (SSSR count). The van der Waals surface area contributed by atoms with Crippen LogP contribution in [-0.2, 0) is 14.3 Å². The van der Waals surface area contributed by atoms with Crippen molar-refractivity contribution in [3.63, 3.8) is 0 Å². The number of methoxy groups -OCH3 is 1. The Balaban J connectivity index is 2.37. The number of thioether (sulfide) groups is 1. The number of hydrogen-bond donors (Lipinski definition) is 0. The van der Waals surface area contributed by atoms with Crippen LogP contribution in [0.3, 0.4) is 0 Å². The molecule has 0 aliphatic carbocycles. The molecule has 0 N–H and O–H groups in total. The van der Waals surface area contributed by atoms with Crippen molar-refractivity contribution >= 4 is 23.6 Å². The van der Waals surface area contributed by atoms with E-state index in [1.54, 1.807) is 28.8 Å². The van der Waals surface area contributed by atoms with E-state index >= 15 is 0 Å². The summed E-state index contributed by atoms with van der Waals surface area (Å²) in [4.78, 5) is 26.4. The number of allylic oxidation sites excluding steroid dienone is 2. The Morgan fingerprint density at radius 1 is 1.40 bits per heavy atom. The number of carbonyl (C=O) groups is 2. The first-order valence-corrected chi connectivity index (χ1v) is 7.54. The maximum Gasteiger partial charge on any atom is 0.330 e. The molecule has 0 unspecified atom stereocenters. The van der Waals surface area contributed by atoms with E-state index in [9.17, 15) is 9.59 Å². The molecule has 2 heterocycles. The highest BCUT2D eigenvalue weighted by Gasteiger charge is 2.70. The smallest absolute Gasteiger partial charge is 0.330 e. The minimum Gasteiger partial charge on any atom is -0.467 e. The fraction of sp³-hybridized carbons (Fsp3) is 0.600. The fourth-order valence-electron chi connectivity index (χ4n) is 3.26. The average molecular weight is 295 g/mol. The molecule has 0 aromatic carbocycles. The number of hydrogen-bond acceptors (Lipinski definition) is 4. The van der Waals surface area contributed by atoms with Crippen molar-refractivity contribution in [2.24, 2.45) is 5.41 Å². The molecule has 0 bridgehead atoms. The summed E-state index contributed by atoms with van der Waals surface area (Å²) in [6, 6.07) is -0.516. The van der Waals surface area contributed by atoms with Gasteiger partial charge in [0.05, 0.1) is 17.9 Å². The fourth-order valence-corrected chi connectivity index (χ4v) is 5.03. The first-order chi connectivity index (χ1) is 9.35. The van der Waals surface area contributed by atoms with Crippen LogP contribution in [0.15, 0.2) is 25.3 Å². The van der Waals surface area contributed by atoms with Crippen LogP contribution in [0.4, 0.5) is 0 Å². The number of ether oxygens (including phenoxy) is 1. The number of esters is 1. The first kappa shape index (κ1) is 15.2. The number of nitrogens with zero attached hydrogens (tertiary/aromatic N) is 1. The van der Waals surface area contributed by atoms with Gasteiger partial charge in [-0.15, -0.1) is 24.9 Å². The maximum absolute atomic E-state index is 12.7. The van der Waals surface area contributed by atoms with Crippen molar-refractivity contribution < 1.29 is 14.3 Å². The molecule has 2 atom stereocenters. The van der Waals surface area contributed by atoms with Gasteiger partial charge >= 0.3 is 5.97 Å². The standard InChI is InChI=1S/C15H21NO3S/c1-6-8-15(9-7-2)12(18)16-10(11(17)19-5)14(3,4)20-13(15)16/h6-7,10,13H,1-2,8-9H2,3-5H3/t10-,13+/m0/s1. The summed E-state index contributed by atoms with van der Waals surface area (Å²) in [5.41, 5.74) is -0.492. The molecule has 4 nitrogen and oxygen atoms in total. The second-order valence-corrected chi connectivity index (χ2v) is 7.59. The number of carbonyl (C=O) groups excluding carboxylic acids is 2. The molecule has 0 aromatic heterocycles. The maximum atomic E-state index is 12.7. The lowest BCUT2D eigenvalue weighted by atomic mass is 9.71. The Morgan fingerprint density at radius 3 is 2.40 bits per heavy atom. The molecule has 20 heavy (non-hydrogen) atoms. The van der Waals surface area contributed by atoms with Crippen LogP contribution in [0.5, 0.6) is 0 Å². The van der Waals surface area contributed by atoms with E-state index in [1.165, 1.54) is 7.11 Å². The van der Waals surface area contributed by atoms with Gasteiger partial charge in [-0.3, -0.25) is 4.79 Å². The van der Waals surface area contributed by atoms with Crippen LogP contribution < -0.4 is 0 Å². The molecule has 0 spiro atoms. The Bertz CT molecular complexity index is 462. The van der Waals surface area contributed by atoms with Gasteiger partial charge in [0.15, 0.2) is 0 Å². The Labute approximate surface area is 124 Å². The SMILES string of the molecule is C=CCC1(CC=C)C(=O)N2[C@@H](C(=O)OC)C(C)(C)S[C@@H]21. The van der Waals surface area contributed by atoms with E-state index in [0.29, 0.717) is 12.8 Å². The zero-order chi connectivity index (χ0) is 15.1. The molecule has 1 amide bonds. The number of β-lactam (4-membered cyclic amide) rings is 1. The second kappa shape index (κ2) is 4.95. The lowest BCUT2D eigenvalue weighted by molar-refractivity contribution is -0.174. The summed E-state index contributed by atoms with van der Waals surface area (Å²) in [5, 5.41) is -0.00917. The van der Waals surface area contributed by atoms with Crippen LogP contribution >= 0.6 is 11.8 Å². The number of amides is 1. The van der Waals surface area contributed by atoms with Crippen molar-refractivity contribution in [3.8, 4) is 0 Å². The molecular weight excluding hydrogens is 274 g/mol. The van der Waals surface area contributed by atoms with E-state index in [1.807, 2.05) is 13.8 Å². The zero-order valence-corrected chi connectivity index (χ0v) is 13.0. The van der Waals surface area contributed by atoms with Crippen molar-refractivity contribution in [2.75, 3.05) is 7.11 Å². The quantitative estimate of drug-likeness (QED) is 0.444. The topological polar surface area (TPSA) is 46.6 Å². The predicted molar refractivity (Wildman–Crippen MR) is 80.2 cm³/mol. The molecule has 0 radical (unpaired) electrons. The second-order valence-electron chi connectivity index (χ2n) is 5.85. The van der Waals surface area contributed by atoms with Crippen LogP contribution in [0.2, 0.25) is 0 Å². The summed E-state index contributed by atoms with van der Waals surface area (Å²) in [7, 11) is 1.36. The molecule has 2 saturated heterocycles. The van der Waals surface area contributed by atoms with Gasteiger partial charge in [-0.25, -0.2) is 4.79 Å². The lowest BCUT2D eigenvalue weighted by Crippen LogP contribution is -2.69. The molecule has 5 heteroatoms. The van der Waals surface area contributed by atoms with Gasteiger partial charge in [0.1, 0.15) is 6.04 Å². The zero-order valence-electron chi connectivity index (χ0n) is 12.2. The minimum absolute atomic E-state index is 0.00917. The third-order valence-corrected chi connectivity index (χ3v) is 5.91. The third kappa shape index (κ3) is 1.83. The van der Waals surface area contributed by atoms with E-state index < -0.39 is 11.5 Å². The van der Waals surface area contributed by atoms with E-state index in [2.05, 4.69) is 13.2 Å². The Morgan fingerprint density at radius 2 is 1.95 bits per heavy atom. The van der Waals surface area contributed by atoms with E-state index in [4.69, 9.17) is 4.74 Å². The summed E-state index contributed by atoms with van der Waals surface area (Å²) in [6.07, 6.45) is 4.77. The highest BCUT2D eigenvalue weighted by Crippen LogP contribution is 2.61.